The molecule has 1 aliphatic heterocycles. The van der Waals surface area contributed by atoms with Gasteiger partial charge in [0.2, 0.25) is 10.0 Å². The van der Waals surface area contributed by atoms with Crippen LogP contribution in [0.25, 0.3) is 11.0 Å². The molecule has 0 aliphatic carbocycles. The highest BCUT2D eigenvalue weighted by Crippen LogP contribution is 2.26. The molecule has 26 heavy (non-hydrogen) atoms. The predicted octanol–water partition coefficient (Wildman–Crippen LogP) is 2.56. The van der Waals surface area contributed by atoms with Crippen molar-refractivity contribution in [3.63, 3.8) is 0 Å². The number of benzene rings is 1. The lowest BCUT2D eigenvalue weighted by Gasteiger charge is -2.32. The van der Waals surface area contributed by atoms with E-state index in [0.717, 1.165) is 16.7 Å². The van der Waals surface area contributed by atoms with Crippen molar-refractivity contribution in [2.45, 2.75) is 31.8 Å². The number of sulfonamides is 1. The zero-order valence-corrected chi connectivity index (χ0v) is 16.1. The van der Waals surface area contributed by atoms with Crippen LogP contribution in [-0.2, 0) is 10.0 Å². The van der Waals surface area contributed by atoms with E-state index in [4.69, 9.17) is 4.42 Å². The molecule has 1 fully saturated rings. The Morgan fingerprint density at radius 2 is 1.96 bits per heavy atom. The van der Waals surface area contributed by atoms with Crippen LogP contribution in [0.5, 0.6) is 0 Å². The number of furan rings is 1. The van der Waals surface area contributed by atoms with Gasteiger partial charge in [0.1, 0.15) is 11.3 Å². The maximum Gasteiger partial charge on any atom is 0.317 e. The summed E-state index contributed by atoms with van der Waals surface area (Å²) in [7, 11) is -1.42. The first-order valence-electron chi connectivity index (χ1n) is 8.72. The lowest BCUT2D eigenvalue weighted by Crippen LogP contribution is -2.49. The molecule has 3 rings (SSSR count). The molecule has 1 aromatic carbocycles. The normalized spacial score (nSPS) is 18.0. The van der Waals surface area contributed by atoms with Gasteiger partial charge in [0.25, 0.3) is 0 Å². The van der Waals surface area contributed by atoms with Crippen molar-refractivity contribution < 1.29 is 17.6 Å². The van der Waals surface area contributed by atoms with Gasteiger partial charge in [-0.2, -0.15) is 0 Å². The van der Waals surface area contributed by atoms with Crippen molar-refractivity contribution >= 4 is 27.0 Å². The summed E-state index contributed by atoms with van der Waals surface area (Å²) in [6.07, 6.45) is 2.45. The number of piperidine rings is 1. The van der Waals surface area contributed by atoms with Crippen molar-refractivity contribution in [3.8, 4) is 0 Å². The van der Waals surface area contributed by atoms with E-state index in [1.165, 1.54) is 10.6 Å². The number of rotatable bonds is 4. The van der Waals surface area contributed by atoms with Crippen LogP contribution in [0.1, 0.15) is 31.6 Å². The molecule has 2 amide bonds. The van der Waals surface area contributed by atoms with Crippen LogP contribution in [-0.4, -0.2) is 56.1 Å². The zero-order chi connectivity index (χ0) is 18.9. The Bertz CT molecular complexity index is 852. The van der Waals surface area contributed by atoms with Gasteiger partial charge in [-0.05, 0) is 31.9 Å². The lowest BCUT2D eigenvalue weighted by molar-refractivity contribution is 0.178. The molecular weight excluding hydrogens is 354 g/mol. The van der Waals surface area contributed by atoms with Crippen LogP contribution in [0.2, 0.25) is 0 Å². The van der Waals surface area contributed by atoms with Gasteiger partial charge in [-0.15, -0.1) is 0 Å². The highest BCUT2D eigenvalue weighted by molar-refractivity contribution is 7.88. The van der Waals surface area contributed by atoms with Crippen LogP contribution in [0.15, 0.2) is 34.7 Å². The van der Waals surface area contributed by atoms with E-state index >= 15 is 0 Å². The summed E-state index contributed by atoms with van der Waals surface area (Å²) in [5, 5.41) is 4.01. The van der Waals surface area contributed by atoms with Gasteiger partial charge in [0, 0.05) is 31.6 Å². The topological polar surface area (TPSA) is 82.9 Å². The van der Waals surface area contributed by atoms with E-state index in [-0.39, 0.29) is 18.1 Å². The molecule has 1 aliphatic rings. The minimum Gasteiger partial charge on any atom is -0.459 e. The second-order valence-corrected chi connectivity index (χ2v) is 8.84. The van der Waals surface area contributed by atoms with Gasteiger partial charge in [-0.25, -0.2) is 17.5 Å². The Morgan fingerprint density at radius 3 is 2.58 bits per heavy atom. The standard InChI is InChI=1S/C18H25N3O4S/c1-13(17-12-14-6-4-5-7-16(14)25-17)20(2)18(22)19-15-8-10-21(11-9-15)26(3,23)24/h4-7,12-13,15H,8-11H2,1-3H3,(H,19,22)/t13-/m1/s1. The van der Waals surface area contributed by atoms with Gasteiger partial charge in [-0.1, -0.05) is 18.2 Å². The zero-order valence-electron chi connectivity index (χ0n) is 15.3. The average Bonchev–Trinajstić information content (AvgIpc) is 3.04. The van der Waals surface area contributed by atoms with Crippen molar-refractivity contribution in [2.75, 3.05) is 26.4 Å². The Kier molecular flexibility index (Phi) is 5.24. The van der Waals surface area contributed by atoms with Crippen molar-refractivity contribution in [3.05, 3.63) is 36.1 Å². The van der Waals surface area contributed by atoms with Crippen LogP contribution < -0.4 is 5.32 Å². The minimum absolute atomic E-state index is 0.0224. The number of fused-ring (bicyclic) bond motifs is 1. The molecule has 0 saturated carbocycles. The number of amides is 2. The highest BCUT2D eigenvalue weighted by Gasteiger charge is 2.28. The molecule has 1 atom stereocenters. The fraction of sp³-hybridized carbons (Fsp3) is 0.500. The van der Waals surface area contributed by atoms with E-state index < -0.39 is 10.0 Å². The van der Waals surface area contributed by atoms with Gasteiger partial charge in [0.15, 0.2) is 0 Å². The molecule has 0 bridgehead atoms. The van der Waals surface area contributed by atoms with E-state index in [1.807, 2.05) is 37.3 Å². The number of hydrogen-bond donors (Lipinski definition) is 1. The minimum atomic E-state index is -3.16. The Labute approximate surface area is 154 Å². The molecular formula is C18H25N3O4S. The highest BCUT2D eigenvalue weighted by atomic mass is 32.2. The first-order valence-corrected chi connectivity index (χ1v) is 10.6. The molecule has 142 valence electrons. The molecule has 1 saturated heterocycles. The van der Waals surface area contributed by atoms with Crippen LogP contribution in [0, 0.1) is 0 Å². The third-order valence-corrected chi connectivity index (χ3v) is 6.31. The number of carbonyl (C=O) groups is 1. The van der Waals surface area contributed by atoms with Crippen molar-refractivity contribution in [2.24, 2.45) is 0 Å². The summed E-state index contributed by atoms with van der Waals surface area (Å²) in [4.78, 5) is 14.2. The van der Waals surface area contributed by atoms with Gasteiger partial charge in [0.05, 0.1) is 12.3 Å². The second-order valence-electron chi connectivity index (χ2n) is 6.86. The molecule has 0 spiro atoms. The Balaban J connectivity index is 1.59. The molecule has 8 heteroatoms. The summed E-state index contributed by atoms with van der Waals surface area (Å²) >= 11 is 0. The van der Waals surface area contributed by atoms with Crippen molar-refractivity contribution in [1.82, 2.24) is 14.5 Å². The summed E-state index contributed by atoms with van der Waals surface area (Å²) in [5.41, 5.74) is 0.802. The van der Waals surface area contributed by atoms with Gasteiger partial charge < -0.3 is 14.6 Å². The van der Waals surface area contributed by atoms with Crippen LogP contribution in [0.4, 0.5) is 4.79 Å². The van der Waals surface area contributed by atoms with E-state index in [9.17, 15) is 13.2 Å². The Hall–Kier alpha value is -2.06. The van der Waals surface area contributed by atoms with E-state index in [1.54, 1.807) is 11.9 Å². The number of para-hydroxylation sites is 1. The number of nitrogens with one attached hydrogen (secondary N) is 1. The molecule has 7 nitrogen and oxygen atoms in total. The Morgan fingerprint density at radius 1 is 1.31 bits per heavy atom. The summed E-state index contributed by atoms with van der Waals surface area (Å²) < 4.78 is 30.4. The van der Waals surface area contributed by atoms with Crippen molar-refractivity contribution in [1.29, 1.82) is 0 Å². The lowest BCUT2D eigenvalue weighted by atomic mass is 10.1. The fourth-order valence-corrected chi connectivity index (χ4v) is 4.06. The molecule has 2 aromatic rings. The summed E-state index contributed by atoms with van der Waals surface area (Å²) in [5.74, 6) is 0.732. The predicted molar refractivity (Wildman–Crippen MR) is 100 cm³/mol. The SMILES string of the molecule is C[C@H](c1cc2ccccc2o1)N(C)C(=O)NC1CCN(S(C)(=O)=O)CC1. The molecule has 2 heterocycles. The quantitative estimate of drug-likeness (QED) is 0.885. The first kappa shape index (κ1) is 18.7. The van der Waals surface area contributed by atoms with E-state index in [0.29, 0.717) is 25.9 Å². The largest absolute Gasteiger partial charge is 0.459 e. The summed E-state index contributed by atoms with van der Waals surface area (Å²) in [6.45, 7) is 2.79. The summed E-state index contributed by atoms with van der Waals surface area (Å²) in [6, 6.07) is 9.28. The van der Waals surface area contributed by atoms with E-state index in [2.05, 4.69) is 5.32 Å². The average molecular weight is 379 g/mol. The molecule has 0 radical (unpaired) electrons. The third-order valence-electron chi connectivity index (χ3n) is 5.01. The second kappa shape index (κ2) is 7.28. The number of carbonyl (C=O) groups excluding carboxylic acids is 1. The smallest absolute Gasteiger partial charge is 0.317 e. The maximum absolute atomic E-state index is 12.6. The van der Waals surface area contributed by atoms with Crippen LogP contribution in [0.3, 0.4) is 0 Å². The first-order chi connectivity index (χ1) is 12.3. The maximum atomic E-state index is 12.6. The number of hydrogen-bond acceptors (Lipinski definition) is 4. The third kappa shape index (κ3) is 4.02. The van der Waals surface area contributed by atoms with Crippen LogP contribution >= 0.6 is 0 Å². The number of urea groups is 1. The molecule has 1 aromatic heterocycles. The fourth-order valence-electron chi connectivity index (χ4n) is 3.18. The van der Waals surface area contributed by atoms with Gasteiger partial charge in [-0.3, -0.25) is 0 Å². The monoisotopic (exact) mass is 379 g/mol. The molecule has 1 N–H and O–H groups in total. The molecule has 0 unspecified atom stereocenters. The van der Waals surface area contributed by atoms with Gasteiger partial charge >= 0.3 is 6.03 Å². The number of nitrogens with zero attached hydrogens (tertiary/aromatic N) is 2.